The summed E-state index contributed by atoms with van der Waals surface area (Å²) in [5, 5.41) is 0. The number of methoxy groups -OCH3 is 1. The number of ether oxygens (including phenoxy) is 1. The summed E-state index contributed by atoms with van der Waals surface area (Å²) in [5.41, 5.74) is 1.39. The van der Waals surface area contributed by atoms with Gasteiger partial charge < -0.3 is 4.74 Å². The Morgan fingerprint density at radius 1 is 1.47 bits per heavy atom. The van der Waals surface area contributed by atoms with Crippen molar-refractivity contribution in [2.24, 2.45) is 0 Å². The Balaban J connectivity index is 2.21. The molecule has 17 heavy (non-hydrogen) atoms. The van der Waals surface area contributed by atoms with Crippen LogP contribution >= 0.6 is 0 Å². The molecule has 1 aliphatic rings. The van der Waals surface area contributed by atoms with E-state index in [1.54, 1.807) is 7.11 Å². The van der Waals surface area contributed by atoms with Gasteiger partial charge in [-0.05, 0) is 25.0 Å². The second kappa shape index (κ2) is 3.87. The average Bonchev–Trinajstić information content (AvgIpc) is 2.65. The quantitative estimate of drug-likeness (QED) is 0.760. The van der Waals surface area contributed by atoms with Crippen molar-refractivity contribution in [2.45, 2.75) is 25.2 Å². The van der Waals surface area contributed by atoms with Gasteiger partial charge in [-0.1, -0.05) is 6.42 Å². The van der Waals surface area contributed by atoms with Crippen LogP contribution in [-0.2, 0) is 0 Å². The zero-order valence-corrected chi connectivity index (χ0v) is 9.72. The molecule has 0 aliphatic heterocycles. The molecule has 0 aromatic carbocycles. The number of fused-ring (bicyclic) bond motifs is 1. The molecule has 1 saturated carbocycles. The number of imidazole rings is 1. The monoisotopic (exact) mass is 230 g/mol. The van der Waals surface area contributed by atoms with E-state index in [4.69, 9.17) is 4.74 Å². The minimum Gasteiger partial charge on any atom is -0.495 e. The van der Waals surface area contributed by atoms with Crippen LogP contribution in [0.2, 0.25) is 0 Å². The molecule has 2 aromatic heterocycles. The van der Waals surface area contributed by atoms with Crippen LogP contribution in [-0.4, -0.2) is 22.8 Å². The second-order valence-electron chi connectivity index (χ2n) is 4.43. The smallest absolute Gasteiger partial charge is 0.170 e. The Kier molecular flexibility index (Phi) is 2.35. The maximum Gasteiger partial charge on any atom is 0.170 e. The summed E-state index contributed by atoms with van der Waals surface area (Å²) < 4.78 is 7.21. The molecule has 0 saturated heterocycles. The number of hydrogen-bond donors (Lipinski definition) is 0. The zero-order chi connectivity index (χ0) is 11.8. The Morgan fingerprint density at radius 3 is 2.88 bits per heavy atom. The first-order valence-electron chi connectivity index (χ1n) is 5.84. The molecule has 0 amide bonds. The van der Waals surface area contributed by atoms with Crippen molar-refractivity contribution in [1.82, 2.24) is 9.38 Å². The second-order valence-corrected chi connectivity index (χ2v) is 4.43. The van der Waals surface area contributed by atoms with Gasteiger partial charge in [-0.2, -0.15) is 0 Å². The first-order chi connectivity index (χ1) is 8.33. The van der Waals surface area contributed by atoms with Gasteiger partial charge in [0.25, 0.3) is 0 Å². The van der Waals surface area contributed by atoms with Gasteiger partial charge >= 0.3 is 0 Å². The highest BCUT2D eigenvalue weighted by Crippen LogP contribution is 2.36. The number of pyridine rings is 1. The number of aldehydes is 1. The molecule has 4 heteroatoms. The van der Waals surface area contributed by atoms with Gasteiger partial charge in [0.05, 0.1) is 18.8 Å². The number of carbonyl (C=O) groups is 1. The van der Waals surface area contributed by atoms with E-state index >= 15 is 0 Å². The largest absolute Gasteiger partial charge is 0.495 e. The van der Waals surface area contributed by atoms with Crippen LogP contribution in [0.15, 0.2) is 18.3 Å². The summed E-state index contributed by atoms with van der Waals surface area (Å²) in [5.74, 6) is 2.27. The minimum atomic E-state index is 0.489. The third-order valence-corrected chi connectivity index (χ3v) is 3.48. The maximum absolute atomic E-state index is 11.0. The number of hydrogen-bond acceptors (Lipinski definition) is 3. The lowest BCUT2D eigenvalue weighted by atomic mass is 9.85. The van der Waals surface area contributed by atoms with Crippen molar-refractivity contribution in [3.63, 3.8) is 0 Å². The van der Waals surface area contributed by atoms with Crippen molar-refractivity contribution in [2.75, 3.05) is 7.11 Å². The summed E-state index contributed by atoms with van der Waals surface area (Å²) in [7, 11) is 1.64. The molecule has 2 heterocycles. The molecule has 0 bridgehead atoms. The van der Waals surface area contributed by atoms with E-state index in [0.29, 0.717) is 11.6 Å². The third-order valence-electron chi connectivity index (χ3n) is 3.48. The van der Waals surface area contributed by atoms with Crippen LogP contribution in [0.25, 0.3) is 5.52 Å². The van der Waals surface area contributed by atoms with Gasteiger partial charge in [0.1, 0.15) is 17.3 Å². The molecular formula is C13H14N2O2. The molecule has 0 N–H and O–H groups in total. The highest BCUT2D eigenvalue weighted by atomic mass is 16.5. The molecular weight excluding hydrogens is 216 g/mol. The van der Waals surface area contributed by atoms with Gasteiger partial charge in [-0.25, -0.2) is 4.98 Å². The van der Waals surface area contributed by atoms with E-state index in [0.717, 1.165) is 36.2 Å². The first kappa shape index (κ1) is 10.3. The van der Waals surface area contributed by atoms with Crippen molar-refractivity contribution in [3.05, 3.63) is 29.8 Å². The van der Waals surface area contributed by atoms with Crippen molar-refractivity contribution < 1.29 is 9.53 Å². The lowest BCUT2D eigenvalue weighted by Crippen LogP contribution is -2.12. The molecule has 1 fully saturated rings. The molecule has 1 aliphatic carbocycles. The van der Waals surface area contributed by atoms with Crippen LogP contribution in [0.1, 0.15) is 41.5 Å². The molecule has 0 unspecified atom stereocenters. The Hall–Kier alpha value is -1.84. The van der Waals surface area contributed by atoms with Crippen LogP contribution in [0, 0.1) is 0 Å². The standard InChI is InChI=1S/C13H14N2O2/c1-17-10-5-6-12-11(8-16)14-13(15(12)7-10)9-3-2-4-9/h5-9H,2-4H2,1H3. The summed E-state index contributed by atoms with van der Waals surface area (Å²) >= 11 is 0. The summed E-state index contributed by atoms with van der Waals surface area (Å²) in [6.45, 7) is 0. The number of carbonyl (C=O) groups excluding carboxylic acids is 1. The first-order valence-corrected chi connectivity index (χ1v) is 5.84. The molecule has 0 spiro atoms. The molecule has 2 aromatic rings. The summed E-state index contributed by atoms with van der Waals surface area (Å²) in [6.07, 6.45) is 6.30. The number of aromatic nitrogens is 2. The lowest BCUT2D eigenvalue weighted by Gasteiger charge is -2.24. The fourth-order valence-corrected chi connectivity index (χ4v) is 2.28. The van der Waals surface area contributed by atoms with Crippen LogP contribution in [0.5, 0.6) is 5.75 Å². The number of nitrogens with zero attached hydrogens (tertiary/aromatic N) is 2. The van der Waals surface area contributed by atoms with Crippen molar-refractivity contribution in [3.8, 4) is 5.75 Å². The molecule has 88 valence electrons. The predicted molar refractivity (Wildman–Crippen MR) is 63.7 cm³/mol. The van der Waals surface area contributed by atoms with Crippen molar-refractivity contribution >= 4 is 11.8 Å². The van der Waals surface area contributed by atoms with E-state index in [1.807, 2.05) is 22.7 Å². The van der Waals surface area contributed by atoms with E-state index in [9.17, 15) is 4.79 Å². The van der Waals surface area contributed by atoms with E-state index < -0.39 is 0 Å². The third kappa shape index (κ3) is 1.52. The molecule has 3 rings (SSSR count). The average molecular weight is 230 g/mol. The number of rotatable bonds is 3. The Labute approximate surface area is 99.2 Å². The molecule has 0 atom stereocenters. The van der Waals surface area contributed by atoms with Gasteiger partial charge in [0, 0.05) is 5.92 Å². The summed E-state index contributed by atoms with van der Waals surface area (Å²) in [4.78, 5) is 15.5. The lowest BCUT2D eigenvalue weighted by molar-refractivity contribution is 0.112. The molecule has 4 nitrogen and oxygen atoms in total. The fraction of sp³-hybridized carbons (Fsp3) is 0.385. The van der Waals surface area contributed by atoms with E-state index in [1.165, 1.54) is 6.42 Å². The molecule has 0 radical (unpaired) electrons. The Bertz CT molecular complexity index is 570. The topological polar surface area (TPSA) is 43.6 Å². The van der Waals surface area contributed by atoms with Gasteiger partial charge in [-0.3, -0.25) is 9.20 Å². The maximum atomic E-state index is 11.0. The normalized spacial score (nSPS) is 15.8. The van der Waals surface area contributed by atoms with E-state index in [-0.39, 0.29) is 0 Å². The van der Waals surface area contributed by atoms with Crippen LogP contribution < -0.4 is 4.74 Å². The summed E-state index contributed by atoms with van der Waals surface area (Å²) in [6, 6.07) is 3.74. The van der Waals surface area contributed by atoms with Gasteiger partial charge in [0.2, 0.25) is 0 Å². The van der Waals surface area contributed by atoms with Crippen molar-refractivity contribution in [1.29, 1.82) is 0 Å². The van der Waals surface area contributed by atoms with Gasteiger partial charge in [0.15, 0.2) is 6.29 Å². The van der Waals surface area contributed by atoms with E-state index in [2.05, 4.69) is 4.98 Å². The van der Waals surface area contributed by atoms with Crippen LogP contribution in [0.4, 0.5) is 0 Å². The zero-order valence-electron chi connectivity index (χ0n) is 9.72. The Morgan fingerprint density at radius 2 is 2.29 bits per heavy atom. The van der Waals surface area contributed by atoms with Crippen LogP contribution in [0.3, 0.4) is 0 Å². The minimum absolute atomic E-state index is 0.489. The van der Waals surface area contributed by atoms with Gasteiger partial charge in [-0.15, -0.1) is 0 Å². The fourth-order valence-electron chi connectivity index (χ4n) is 2.28. The highest BCUT2D eigenvalue weighted by Gasteiger charge is 2.25. The highest BCUT2D eigenvalue weighted by molar-refractivity contribution is 5.84. The SMILES string of the molecule is COc1ccc2c(C=O)nc(C3CCC3)n2c1. The predicted octanol–water partition coefficient (Wildman–Crippen LogP) is 2.42.